The van der Waals surface area contributed by atoms with Gasteiger partial charge in [0.25, 0.3) is 0 Å². The molecular weight excluding hydrogens is 372 g/mol. The van der Waals surface area contributed by atoms with Crippen molar-refractivity contribution in [2.75, 3.05) is 58.3 Å². The minimum Gasteiger partial charge on any atom is -0.497 e. The lowest BCUT2D eigenvalue weighted by Crippen LogP contribution is -2.50. The van der Waals surface area contributed by atoms with Gasteiger partial charge in [0.15, 0.2) is 0 Å². The van der Waals surface area contributed by atoms with Crippen molar-refractivity contribution in [3.8, 4) is 5.75 Å². The third-order valence-corrected chi connectivity index (χ3v) is 5.00. The molecule has 2 aromatic rings. The van der Waals surface area contributed by atoms with Gasteiger partial charge in [-0.3, -0.25) is 14.5 Å². The maximum absolute atomic E-state index is 12.5. The number of anilines is 1. The number of likely N-dealkylation sites (N-methyl/N-ethyl adjacent to an activating group) is 1. The molecule has 8 nitrogen and oxygen atoms in total. The molecule has 0 bridgehead atoms. The highest BCUT2D eigenvalue weighted by atomic mass is 16.5. The summed E-state index contributed by atoms with van der Waals surface area (Å²) in [5.74, 6) is 1.25. The Morgan fingerprint density at radius 3 is 2.66 bits per heavy atom. The first-order valence-electron chi connectivity index (χ1n) is 9.69. The Morgan fingerprint density at radius 2 is 1.97 bits per heavy atom. The number of benzene rings is 1. The summed E-state index contributed by atoms with van der Waals surface area (Å²) in [6.45, 7) is 3.93. The maximum atomic E-state index is 12.5. The molecule has 1 aromatic heterocycles. The van der Waals surface area contributed by atoms with E-state index in [9.17, 15) is 9.59 Å². The normalized spacial score (nSPS) is 14.5. The van der Waals surface area contributed by atoms with Gasteiger partial charge in [0, 0.05) is 45.0 Å². The molecule has 29 heavy (non-hydrogen) atoms. The van der Waals surface area contributed by atoms with Gasteiger partial charge in [-0.1, -0.05) is 6.07 Å². The van der Waals surface area contributed by atoms with Crippen LogP contribution < -0.4 is 15.0 Å². The van der Waals surface area contributed by atoms with E-state index < -0.39 is 0 Å². The van der Waals surface area contributed by atoms with E-state index in [1.54, 1.807) is 32.6 Å². The lowest BCUT2D eigenvalue weighted by molar-refractivity contribution is -0.135. The van der Waals surface area contributed by atoms with Crippen molar-refractivity contribution >= 4 is 17.5 Å². The van der Waals surface area contributed by atoms with E-state index >= 15 is 0 Å². The van der Waals surface area contributed by atoms with Gasteiger partial charge in [0.1, 0.15) is 11.5 Å². The molecule has 8 heteroatoms. The monoisotopic (exact) mass is 400 g/mol. The average molecular weight is 400 g/mol. The number of rotatable bonds is 8. The van der Waals surface area contributed by atoms with Crippen molar-refractivity contribution in [1.82, 2.24) is 15.1 Å². The fourth-order valence-electron chi connectivity index (χ4n) is 3.24. The predicted octanol–water partition coefficient (Wildman–Crippen LogP) is 1.19. The summed E-state index contributed by atoms with van der Waals surface area (Å²) in [6, 6.07) is 11.6. The molecule has 0 aliphatic carbocycles. The highest BCUT2D eigenvalue weighted by Gasteiger charge is 2.21. The van der Waals surface area contributed by atoms with Crippen LogP contribution >= 0.6 is 0 Å². The van der Waals surface area contributed by atoms with Gasteiger partial charge in [0.2, 0.25) is 11.8 Å². The minimum atomic E-state index is -0.208. The standard InChI is InChI=1S/C21H28N4O4/c1-23(15-20(26)22-14-19-7-4-12-29-19)21(27)16-24-8-10-25(11-9-24)17-5-3-6-18(13-17)28-2/h3-7,12-13H,8-11,14-16H2,1-2H3,(H,22,26). The van der Waals surface area contributed by atoms with Crippen molar-refractivity contribution in [2.45, 2.75) is 6.54 Å². The summed E-state index contributed by atoms with van der Waals surface area (Å²) in [4.78, 5) is 30.4. The SMILES string of the molecule is COc1cccc(N2CCN(CC(=O)N(C)CC(=O)NCc3ccco3)CC2)c1. The highest BCUT2D eigenvalue weighted by Crippen LogP contribution is 2.22. The van der Waals surface area contributed by atoms with E-state index in [4.69, 9.17) is 9.15 Å². The molecule has 0 saturated carbocycles. The number of nitrogens with zero attached hydrogens (tertiary/aromatic N) is 3. The lowest BCUT2D eigenvalue weighted by atomic mass is 10.2. The Kier molecular flexibility index (Phi) is 7.13. The largest absolute Gasteiger partial charge is 0.497 e. The molecule has 1 aromatic carbocycles. The van der Waals surface area contributed by atoms with Crippen molar-refractivity contribution in [2.24, 2.45) is 0 Å². The molecule has 3 rings (SSSR count). The Labute approximate surface area is 171 Å². The Balaban J connectivity index is 1.39. The average Bonchev–Trinajstić information content (AvgIpc) is 3.26. The molecule has 0 spiro atoms. The number of piperazine rings is 1. The molecule has 156 valence electrons. The fraction of sp³-hybridized carbons (Fsp3) is 0.429. The maximum Gasteiger partial charge on any atom is 0.239 e. The third kappa shape index (κ3) is 5.99. The van der Waals surface area contributed by atoms with E-state index in [1.165, 1.54) is 4.90 Å². The van der Waals surface area contributed by atoms with Crippen LogP contribution in [-0.2, 0) is 16.1 Å². The van der Waals surface area contributed by atoms with E-state index in [1.807, 2.05) is 18.2 Å². The number of furan rings is 1. The number of nitrogens with one attached hydrogen (secondary N) is 1. The van der Waals surface area contributed by atoms with Crippen molar-refractivity contribution in [1.29, 1.82) is 0 Å². The fourth-order valence-corrected chi connectivity index (χ4v) is 3.24. The molecule has 0 unspecified atom stereocenters. The smallest absolute Gasteiger partial charge is 0.239 e. The number of methoxy groups -OCH3 is 1. The van der Waals surface area contributed by atoms with Crippen LogP contribution in [0.2, 0.25) is 0 Å². The summed E-state index contributed by atoms with van der Waals surface area (Å²) < 4.78 is 10.5. The summed E-state index contributed by atoms with van der Waals surface area (Å²) in [7, 11) is 3.32. The van der Waals surface area contributed by atoms with E-state index in [0.717, 1.165) is 37.6 Å². The van der Waals surface area contributed by atoms with Gasteiger partial charge in [-0.25, -0.2) is 0 Å². The second-order valence-corrected chi connectivity index (χ2v) is 7.07. The highest BCUT2D eigenvalue weighted by molar-refractivity contribution is 5.85. The number of amides is 2. The Hall–Kier alpha value is -3.00. The number of carbonyl (C=O) groups is 2. The first kappa shape index (κ1) is 20.7. The second-order valence-electron chi connectivity index (χ2n) is 7.07. The molecule has 0 radical (unpaired) electrons. The van der Waals surface area contributed by atoms with Crippen LogP contribution in [0.15, 0.2) is 47.1 Å². The van der Waals surface area contributed by atoms with Crippen LogP contribution in [0, 0.1) is 0 Å². The van der Waals surface area contributed by atoms with Gasteiger partial charge < -0.3 is 24.3 Å². The van der Waals surface area contributed by atoms with E-state index in [0.29, 0.717) is 18.8 Å². The third-order valence-electron chi connectivity index (χ3n) is 5.00. The Bertz CT molecular complexity index is 801. The van der Waals surface area contributed by atoms with E-state index in [-0.39, 0.29) is 18.4 Å². The summed E-state index contributed by atoms with van der Waals surface area (Å²) in [6.07, 6.45) is 1.56. The molecule has 1 aliphatic rings. The molecule has 2 heterocycles. The van der Waals surface area contributed by atoms with Crippen LogP contribution in [0.3, 0.4) is 0 Å². The van der Waals surface area contributed by atoms with Crippen LogP contribution in [0.5, 0.6) is 5.75 Å². The number of ether oxygens (including phenoxy) is 1. The topological polar surface area (TPSA) is 78.3 Å². The molecule has 1 fully saturated rings. The molecule has 0 atom stereocenters. The van der Waals surface area contributed by atoms with Crippen LogP contribution in [0.4, 0.5) is 5.69 Å². The molecule has 2 amide bonds. The molecular formula is C21H28N4O4. The summed E-state index contributed by atoms with van der Waals surface area (Å²) in [5.41, 5.74) is 1.13. The first-order valence-corrected chi connectivity index (χ1v) is 9.69. The van der Waals surface area contributed by atoms with Crippen molar-refractivity contribution in [3.63, 3.8) is 0 Å². The van der Waals surface area contributed by atoms with Gasteiger partial charge in [-0.2, -0.15) is 0 Å². The Morgan fingerprint density at radius 1 is 1.17 bits per heavy atom. The molecule has 1 N–H and O–H groups in total. The van der Waals surface area contributed by atoms with Gasteiger partial charge >= 0.3 is 0 Å². The predicted molar refractivity (Wildman–Crippen MR) is 110 cm³/mol. The number of hydrogen-bond donors (Lipinski definition) is 1. The van der Waals surface area contributed by atoms with Gasteiger partial charge in [0.05, 0.1) is 33.0 Å². The summed E-state index contributed by atoms with van der Waals surface area (Å²) >= 11 is 0. The number of carbonyl (C=O) groups excluding carboxylic acids is 2. The van der Waals surface area contributed by atoms with Gasteiger partial charge in [-0.05, 0) is 24.3 Å². The van der Waals surface area contributed by atoms with Crippen LogP contribution in [0.1, 0.15) is 5.76 Å². The lowest BCUT2D eigenvalue weighted by Gasteiger charge is -2.36. The van der Waals surface area contributed by atoms with Crippen LogP contribution in [0.25, 0.3) is 0 Å². The number of hydrogen-bond acceptors (Lipinski definition) is 6. The second kappa shape index (κ2) is 9.97. The quantitative estimate of drug-likeness (QED) is 0.717. The molecule has 1 aliphatic heterocycles. The zero-order valence-corrected chi connectivity index (χ0v) is 17.0. The van der Waals surface area contributed by atoms with Crippen molar-refractivity contribution < 1.29 is 18.7 Å². The van der Waals surface area contributed by atoms with E-state index in [2.05, 4.69) is 21.2 Å². The molecule has 1 saturated heterocycles. The minimum absolute atomic E-state index is 0.0311. The summed E-state index contributed by atoms with van der Waals surface area (Å²) in [5, 5.41) is 2.75. The van der Waals surface area contributed by atoms with Crippen LogP contribution in [-0.4, -0.2) is 75.0 Å². The van der Waals surface area contributed by atoms with Crippen molar-refractivity contribution in [3.05, 3.63) is 48.4 Å². The van der Waals surface area contributed by atoms with Gasteiger partial charge in [-0.15, -0.1) is 0 Å². The first-order chi connectivity index (χ1) is 14.0. The zero-order valence-electron chi connectivity index (χ0n) is 17.0. The zero-order chi connectivity index (χ0) is 20.6.